The molecule has 2 atom stereocenters. The van der Waals surface area contributed by atoms with Crippen molar-refractivity contribution < 1.29 is 9.13 Å². The average Bonchev–Trinajstić information content (AvgIpc) is 2.63. The molecular weight excluding hydrogens is 203 g/mol. The summed E-state index contributed by atoms with van der Waals surface area (Å²) in [5.41, 5.74) is 0.876. The van der Waals surface area contributed by atoms with Crippen LogP contribution in [-0.4, -0.2) is 6.10 Å². The van der Waals surface area contributed by atoms with Crippen molar-refractivity contribution in [2.24, 2.45) is 0 Å². The first-order chi connectivity index (χ1) is 7.64. The fourth-order valence-electron chi connectivity index (χ4n) is 2.46. The zero-order chi connectivity index (χ0) is 11.6. The van der Waals surface area contributed by atoms with E-state index in [9.17, 15) is 4.39 Å². The first kappa shape index (κ1) is 11.6. The van der Waals surface area contributed by atoms with Crippen molar-refractivity contribution in [2.75, 3.05) is 0 Å². The zero-order valence-corrected chi connectivity index (χ0v) is 10.0. The minimum Gasteiger partial charge on any atom is -0.367 e. The number of hydrogen-bond acceptors (Lipinski definition) is 1. The van der Waals surface area contributed by atoms with E-state index in [4.69, 9.17) is 4.74 Å². The van der Waals surface area contributed by atoms with Crippen LogP contribution in [0.1, 0.15) is 45.1 Å². The van der Waals surface area contributed by atoms with Crippen molar-refractivity contribution in [3.8, 4) is 0 Å². The van der Waals surface area contributed by atoms with Gasteiger partial charge in [0.25, 0.3) is 0 Å². The summed E-state index contributed by atoms with van der Waals surface area (Å²) >= 11 is 0. The van der Waals surface area contributed by atoms with Gasteiger partial charge in [0.15, 0.2) is 0 Å². The highest BCUT2D eigenvalue weighted by Gasteiger charge is 2.36. The molecule has 1 nitrogen and oxygen atoms in total. The largest absolute Gasteiger partial charge is 0.367 e. The Balaban J connectivity index is 2.12. The molecule has 1 aliphatic rings. The predicted molar refractivity (Wildman–Crippen MR) is 62.8 cm³/mol. The normalized spacial score (nSPS) is 29.6. The van der Waals surface area contributed by atoms with Crippen molar-refractivity contribution in [3.63, 3.8) is 0 Å². The SMILES string of the molecule is CCC[C@@H]1CC[C@](C)(c2ccc(F)cc2)O1. The van der Waals surface area contributed by atoms with Crippen LogP contribution in [0, 0.1) is 5.82 Å². The molecule has 0 unspecified atom stereocenters. The van der Waals surface area contributed by atoms with Crippen LogP contribution in [0.4, 0.5) is 4.39 Å². The molecule has 0 bridgehead atoms. The van der Waals surface area contributed by atoms with Gasteiger partial charge in [-0.05, 0) is 43.9 Å². The highest BCUT2D eigenvalue weighted by atomic mass is 19.1. The molecule has 0 aliphatic carbocycles. The zero-order valence-electron chi connectivity index (χ0n) is 10.0. The highest BCUT2D eigenvalue weighted by molar-refractivity contribution is 5.23. The van der Waals surface area contributed by atoms with Gasteiger partial charge in [0, 0.05) is 0 Å². The van der Waals surface area contributed by atoms with Crippen LogP contribution in [0.25, 0.3) is 0 Å². The van der Waals surface area contributed by atoms with E-state index in [2.05, 4.69) is 13.8 Å². The third kappa shape index (κ3) is 2.27. The van der Waals surface area contributed by atoms with Gasteiger partial charge in [0.1, 0.15) is 5.82 Å². The van der Waals surface area contributed by atoms with Gasteiger partial charge in [-0.3, -0.25) is 0 Å². The fourth-order valence-corrected chi connectivity index (χ4v) is 2.46. The standard InChI is InChI=1S/C14H19FO/c1-3-4-13-9-10-14(2,16-13)11-5-7-12(15)8-6-11/h5-8,13H,3-4,9-10H2,1-2H3/t13-,14-/m1/s1. The van der Waals surface area contributed by atoms with E-state index in [1.807, 2.05) is 12.1 Å². The van der Waals surface area contributed by atoms with E-state index in [0.29, 0.717) is 6.10 Å². The second-order valence-corrected chi connectivity index (χ2v) is 4.80. The van der Waals surface area contributed by atoms with Crippen LogP contribution in [-0.2, 0) is 10.3 Å². The predicted octanol–water partition coefficient (Wildman–Crippen LogP) is 4.02. The maximum Gasteiger partial charge on any atom is 0.123 e. The summed E-state index contributed by atoms with van der Waals surface area (Å²) in [7, 11) is 0. The van der Waals surface area contributed by atoms with Crippen LogP contribution in [0.5, 0.6) is 0 Å². The van der Waals surface area contributed by atoms with Gasteiger partial charge in [-0.15, -0.1) is 0 Å². The fraction of sp³-hybridized carbons (Fsp3) is 0.571. The Morgan fingerprint density at radius 3 is 2.69 bits per heavy atom. The Labute approximate surface area is 96.6 Å². The van der Waals surface area contributed by atoms with E-state index in [0.717, 1.165) is 31.2 Å². The molecule has 0 radical (unpaired) electrons. The summed E-state index contributed by atoms with van der Waals surface area (Å²) < 4.78 is 18.9. The third-order valence-electron chi connectivity index (χ3n) is 3.44. The Hall–Kier alpha value is -0.890. The lowest BCUT2D eigenvalue weighted by atomic mass is 9.93. The Bertz CT molecular complexity index is 346. The van der Waals surface area contributed by atoms with Gasteiger partial charge in [0.2, 0.25) is 0 Å². The molecule has 0 N–H and O–H groups in total. The topological polar surface area (TPSA) is 9.23 Å². The summed E-state index contributed by atoms with van der Waals surface area (Å²) in [5, 5.41) is 0. The van der Waals surface area contributed by atoms with Gasteiger partial charge in [0.05, 0.1) is 11.7 Å². The Morgan fingerprint density at radius 1 is 1.38 bits per heavy atom. The molecule has 16 heavy (non-hydrogen) atoms. The van der Waals surface area contributed by atoms with Crippen molar-refractivity contribution >= 4 is 0 Å². The van der Waals surface area contributed by atoms with Gasteiger partial charge >= 0.3 is 0 Å². The minimum absolute atomic E-state index is 0.185. The number of hydrogen-bond donors (Lipinski definition) is 0. The molecule has 2 heteroatoms. The van der Waals surface area contributed by atoms with Crippen molar-refractivity contribution in [1.82, 2.24) is 0 Å². The van der Waals surface area contributed by atoms with Crippen LogP contribution >= 0.6 is 0 Å². The Morgan fingerprint density at radius 2 is 2.06 bits per heavy atom. The maximum atomic E-state index is 12.9. The van der Waals surface area contributed by atoms with E-state index in [1.54, 1.807) is 0 Å². The molecule has 1 fully saturated rings. The van der Waals surface area contributed by atoms with Gasteiger partial charge in [-0.25, -0.2) is 4.39 Å². The van der Waals surface area contributed by atoms with Gasteiger partial charge in [-0.1, -0.05) is 25.5 Å². The number of rotatable bonds is 3. The summed E-state index contributed by atoms with van der Waals surface area (Å²) in [6.45, 7) is 4.28. The third-order valence-corrected chi connectivity index (χ3v) is 3.44. The Kier molecular flexibility index (Phi) is 3.29. The molecule has 0 aromatic heterocycles. The summed E-state index contributed by atoms with van der Waals surface area (Å²) in [6, 6.07) is 6.70. The first-order valence-electron chi connectivity index (χ1n) is 6.08. The molecule has 1 aromatic rings. The monoisotopic (exact) mass is 222 g/mol. The van der Waals surface area contributed by atoms with Gasteiger partial charge in [-0.2, -0.15) is 0 Å². The molecule has 1 aliphatic heterocycles. The number of ether oxygens (including phenoxy) is 1. The lowest BCUT2D eigenvalue weighted by molar-refractivity contribution is -0.0353. The van der Waals surface area contributed by atoms with E-state index in [-0.39, 0.29) is 11.4 Å². The van der Waals surface area contributed by atoms with Crippen molar-refractivity contribution in [3.05, 3.63) is 35.6 Å². The molecule has 2 rings (SSSR count). The summed E-state index contributed by atoms with van der Waals surface area (Å²) in [4.78, 5) is 0. The number of halogens is 1. The first-order valence-corrected chi connectivity index (χ1v) is 6.08. The molecule has 1 saturated heterocycles. The average molecular weight is 222 g/mol. The van der Waals surface area contributed by atoms with Crippen LogP contribution in [0.2, 0.25) is 0 Å². The highest BCUT2D eigenvalue weighted by Crippen LogP contribution is 2.40. The molecule has 0 spiro atoms. The lowest BCUT2D eigenvalue weighted by Crippen LogP contribution is -2.22. The molecule has 0 saturated carbocycles. The molecular formula is C14H19FO. The van der Waals surface area contributed by atoms with Crippen molar-refractivity contribution in [1.29, 1.82) is 0 Å². The van der Waals surface area contributed by atoms with E-state index < -0.39 is 0 Å². The molecule has 0 amide bonds. The maximum absolute atomic E-state index is 12.9. The number of benzene rings is 1. The quantitative estimate of drug-likeness (QED) is 0.750. The lowest BCUT2D eigenvalue weighted by Gasteiger charge is -2.25. The minimum atomic E-state index is -0.215. The smallest absolute Gasteiger partial charge is 0.123 e. The van der Waals surface area contributed by atoms with Crippen LogP contribution in [0.15, 0.2) is 24.3 Å². The van der Waals surface area contributed by atoms with E-state index >= 15 is 0 Å². The summed E-state index contributed by atoms with van der Waals surface area (Å²) in [5.74, 6) is -0.185. The summed E-state index contributed by atoms with van der Waals surface area (Å²) in [6.07, 6.45) is 4.80. The van der Waals surface area contributed by atoms with Crippen LogP contribution < -0.4 is 0 Å². The van der Waals surface area contributed by atoms with Crippen molar-refractivity contribution in [2.45, 2.75) is 51.2 Å². The molecule has 1 aromatic carbocycles. The van der Waals surface area contributed by atoms with Gasteiger partial charge < -0.3 is 4.74 Å². The second-order valence-electron chi connectivity index (χ2n) is 4.80. The molecule has 1 heterocycles. The molecule has 88 valence electrons. The second kappa shape index (κ2) is 4.54. The van der Waals surface area contributed by atoms with E-state index in [1.165, 1.54) is 12.1 Å². The van der Waals surface area contributed by atoms with Crippen LogP contribution in [0.3, 0.4) is 0 Å².